The van der Waals surface area contributed by atoms with Crippen molar-refractivity contribution in [3.63, 3.8) is 0 Å². The number of nitrogens with one attached hydrogen (secondary N) is 1. The molecule has 1 aliphatic rings. The SMILES string of the molecule is Fc1ccc(COc2ccc3ccccc3c2CNC2CCCCCC2)c(Cl)c1. The lowest BCUT2D eigenvalue weighted by molar-refractivity contribution is 0.301. The van der Waals surface area contributed by atoms with Crippen molar-refractivity contribution in [1.82, 2.24) is 5.32 Å². The van der Waals surface area contributed by atoms with E-state index in [1.165, 1.54) is 67.0 Å². The average molecular weight is 412 g/mol. The first-order valence-electron chi connectivity index (χ1n) is 10.5. The Labute approximate surface area is 177 Å². The highest BCUT2D eigenvalue weighted by atomic mass is 35.5. The Hall–Kier alpha value is -2.10. The van der Waals surface area contributed by atoms with Gasteiger partial charge < -0.3 is 10.1 Å². The second kappa shape index (κ2) is 9.60. The first-order valence-corrected chi connectivity index (χ1v) is 10.9. The molecule has 0 unspecified atom stereocenters. The highest BCUT2D eigenvalue weighted by Crippen LogP contribution is 2.30. The molecule has 0 aromatic heterocycles. The molecule has 0 saturated heterocycles. The van der Waals surface area contributed by atoms with E-state index in [1.807, 2.05) is 6.07 Å². The van der Waals surface area contributed by atoms with Crippen LogP contribution in [0.25, 0.3) is 10.8 Å². The van der Waals surface area contributed by atoms with Crippen LogP contribution in [0.15, 0.2) is 54.6 Å². The highest BCUT2D eigenvalue weighted by Gasteiger charge is 2.15. The fourth-order valence-electron chi connectivity index (χ4n) is 4.16. The van der Waals surface area contributed by atoms with Gasteiger partial charge >= 0.3 is 0 Å². The molecular weight excluding hydrogens is 385 g/mol. The van der Waals surface area contributed by atoms with Gasteiger partial charge in [-0.1, -0.05) is 73.7 Å². The van der Waals surface area contributed by atoms with E-state index >= 15 is 0 Å². The summed E-state index contributed by atoms with van der Waals surface area (Å²) >= 11 is 6.18. The molecule has 1 saturated carbocycles. The number of halogens is 2. The summed E-state index contributed by atoms with van der Waals surface area (Å²) in [5.41, 5.74) is 1.95. The second-order valence-electron chi connectivity index (χ2n) is 7.86. The van der Waals surface area contributed by atoms with Gasteiger partial charge in [0, 0.05) is 23.7 Å². The van der Waals surface area contributed by atoms with E-state index in [2.05, 4.69) is 35.6 Å². The molecule has 4 rings (SSSR count). The molecule has 3 aromatic rings. The molecule has 2 nitrogen and oxygen atoms in total. The molecule has 0 heterocycles. The summed E-state index contributed by atoms with van der Waals surface area (Å²) in [7, 11) is 0. The highest BCUT2D eigenvalue weighted by molar-refractivity contribution is 6.31. The van der Waals surface area contributed by atoms with Crippen molar-refractivity contribution in [2.24, 2.45) is 0 Å². The predicted octanol–water partition coefficient (Wildman–Crippen LogP) is 7.02. The molecule has 1 N–H and O–H groups in total. The lowest BCUT2D eigenvalue weighted by atomic mass is 10.0. The number of fused-ring (bicyclic) bond motifs is 1. The molecule has 29 heavy (non-hydrogen) atoms. The largest absolute Gasteiger partial charge is 0.488 e. The summed E-state index contributed by atoms with van der Waals surface area (Å²) in [6.45, 7) is 1.09. The molecule has 0 radical (unpaired) electrons. The Morgan fingerprint density at radius 2 is 1.76 bits per heavy atom. The van der Waals surface area contributed by atoms with Crippen molar-refractivity contribution in [2.75, 3.05) is 0 Å². The van der Waals surface area contributed by atoms with Crippen molar-refractivity contribution < 1.29 is 9.13 Å². The average Bonchev–Trinajstić information content (AvgIpc) is 3.01. The van der Waals surface area contributed by atoms with Crippen LogP contribution in [0, 0.1) is 5.82 Å². The van der Waals surface area contributed by atoms with E-state index in [9.17, 15) is 4.39 Å². The number of hydrogen-bond acceptors (Lipinski definition) is 2. The zero-order chi connectivity index (χ0) is 20.1. The van der Waals surface area contributed by atoms with E-state index in [0.29, 0.717) is 17.7 Å². The van der Waals surface area contributed by atoms with Gasteiger partial charge in [-0.2, -0.15) is 0 Å². The van der Waals surface area contributed by atoms with Crippen LogP contribution in [0.2, 0.25) is 5.02 Å². The number of rotatable bonds is 6. The van der Waals surface area contributed by atoms with Crippen LogP contribution >= 0.6 is 11.6 Å². The molecule has 0 spiro atoms. The van der Waals surface area contributed by atoms with Crippen molar-refractivity contribution >= 4 is 22.4 Å². The van der Waals surface area contributed by atoms with Crippen LogP contribution in [-0.4, -0.2) is 6.04 Å². The molecule has 1 fully saturated rings. The Morgan fingerprint density at radius 1 is 0.966 bits per heavy atom. The zero-order valence-corrected chi connectivity index (χ0v) is 17.4. The maximum absolute atomic E-state index is 13.3. The van der Waals surface area contributed by atoms with Gasteiger partial charge in [-0.25, -0.2) is 4.39 Å². The Kier molecular flexibility index (Phi) is 6.68. The first kappa shape index (κ1) is 20.2. The topological polar surface area (TPSA) is 21.3 Å². The standard InChI is InChI=1S/C25H27ClFNO/c26-24-15-20(27)13-11-19(24)17-29-25-14-12-18-7-5-6-10-22(18)23(25)16-28-21-8-3-1-2-4-9-21/h5-7,10-15,21,28H,1-4,8-9,16-17H2. The Balaban J connectivity index is 1.56. The molecule has 0 amide bonds. The molecule has 0 bridgehead atoms. The normalized spacial score (nSPS) is 15.4. The van der Waals surface area contributed by atoms with Crippen LogP contribution in [0.3, 0.4) is 0 Å². The monoisotopic (exact) mass is 411 g/mol. The number of hydrogen-bond donors (Lipinski definition) is 1. The van der Waals surface area contributed by atoms with Crippen molar-refractivity contribution in [3.8, 4) is 5.75 Å². The lowest BCUT2D eigenvalue weighted by Gasteiger charge is -2.20. The third kappa shape index (κ3) is 5.09. The van der Waals surface area contributed by atoms with E-state index in [4.69, 9.17) is 16.3 Å². The summed E-state index contributed by atoms with van der Waals surface area (Å²) in [6.07, 6.45) is 7.79. The molecule has 4 heteroatoms. The zero-order valence-electron chi connectivity index (χ0n) is 16.6. The van der Waals surface area contributed by atoms with Crippen LogP contribution in [0.4, 0.5) is 4.39 Å². The predicted molar refractivity (Wildman–Crippen MR) is 118 cm³/mol. The lowest BCUT2D eigenvalue weighted by Crippen LogP contribution is -2.28. The van der Waals surface area contributed by atoms with Crippen molar-refractivity contribution in [2.45, 2.75) is 57.7 Å². The second-order valence-corrected chi connectivity index (χ2v) is 8.26. The van der Waals surface area contributed by atoms with Crippen LogP contribution in [0.1, 0.15) is 49.7 Å². The van der Waals surface area contributed by atoms with E-state index in [0.717, 1.165) is 17.9 Å². The maximum atomic E-state index is 13.3. The van der Waals surface area contributed by atoms with Gasteiger partial charge in [-0.05, 0) is 41.8 Å². The van der Waals surface area contributed by atoms with Crippen LogP contribution < -0.4 is 10.1 Å². The Morgan fingerprint density at radius 3 is 2.55 bits per heavy atom. The minimum absolute atomic E-state index is 0.313. The maximum Gasteiger partial charge on any atom is 0.124 e. The van der Waals surface area contributed by atoms with Gasteiger partial charge in [0.05, 0.1) is 5.02 Å². The minimum Gasteiger partial charge on any atom is -0.488 e. The molecular formula is C25H27ClFNO. The Bertz CT molecular complexity index is 966. The van der Waals surface area contributed by atoms with Crippen LogP contribution in [0.5, 0.6) is 5.75 Å². The fourth-order valence-corrected chi connectivity index (χ4v) is 4.38. The third-order valence-corrected chi connectivity index (χ3v) is 6.17. The third-order valence-electron chi connectivity index (χ3n) is 5.82. The molecule has 152 valence electrons. The smallest absolute Gasteiger partial charge is 0.124 e. The van der Waals surface area contributed by atoms with Gasteiger partial charge in [0.1, 0.15) is 18.2 Å². The van der Waals surface area contributed by atoms with Crippen molar-refractivity contribution in [1.29, 1.82) is 0 Å². The van der Waals surface area contributed by atoms with E-state index < -0.39 is 0 Å². The van der Waals surface area contributed by atoms with Gasteiger partial charge in [-0.15, -0.1) is 0 Å². The van der Waals surface area contributed by atoms with Gasteiger partial charge in [0.15, 0.2) is 0 Å². The van der Waals surface area contributed by atoms with E-state index in [1.54, 1.807) is 6.07 Å². The molecule has 3 aromatic carbocycles. The molecule has 0 atom stereocenters. The van der Waals surface area contributed by atoms with Crippen LogP contribution in [-0.2, 0) is 13.2 Å². The minimum atomic E-state index is -0.335. The van der Waals surface area contributed by atoms with Gasteiger partial charge in [-0.3, -0.25) is 0 Å². The summed E-state index contributed by atoms with van der Waals surface area (Å²) in [4.78, 5) is 0. The molecule has 0 aliphatic heterocycles. The van der Waals surface area contributed by atoms with Gasteiger partial charge in [0.2, 0.25) is 0 Å². The van der Waals surface area contributed by atoms with Gasteiger partial charge in [0.25, 0.3) is 0 Å². The summed E-state index contributed by atoms with van der Waals surface area (Å²) in [6, 6.07) is 17.5. The number of ether oxygens (including phenoxy) is 1. The molecule has 1 aliphatic carbocycles. The fraction of sp³-hybridized carbons (Fsp3) is 0.360. The number of benzene rings is 3. The van der Waals surface area contributed by atoms with E-state index in [-0.39, 0.29) is 5.82 Å². The first-order chi connectivity index (χ1) is 14.2. The summed E-state index contributed by atoms with van der Waals surface area (Å²) in [5.74, 6) is 0.517. The summed E-state index contributed by atoms with van der Waals surface area (Å²) in [5, 5.41) is 6.58. The quantitative estimate of drug-likeness (QED) is 0.440. The summed E-state index contributed by atoms with van der Waals surface area (Å²) < 4.78 is 19.5. The van der Waals surface area contributed by atoms with Crippen molar-refractivity contribution in [3.05, 3.63) is 76.6 Å².